The zero-order chi connectivity index (χ0) is 17.1. The van der Waals surface area contributed by atoms with Gasteiger partial charge in [-0.3, -0.25) is 4.79 Å². The molecule has 2 aromatic rings. The van der Waals surface area contributed by atoms with E-state index in [0.29, 0.717) is 17.8 Å². The van der Waals surface area contributed by atoms with Crippen LogP contribution in [-0.2, 0) is 11.8 Å². The van der Waals surface area contributed by atoms with Crippen LogP contribution in [0.15, 0.2) is 36.7 Å². The number of carbonyl (C=O) groups excluding carboxylic acids is 1. The molecule has 1 aliphatic carbocycles. The minimum absolute atomic E-state index is 0.0394. The van der Waals surface area contributed by atoms with Crippen molar-refractivity contribution in [3.8, 4) is 0 Å². The molecule has 3 atom stereocenters. The van der Waals surface area contributed by atoms with Crippen molar-refractivity contribution in [3.05, 3.63) is 53.9 Å². The SMILES string of the molecule is Cn1ccnc1C(NC(=O)C1CCCC(N)C1)c1cccc(F)c1. The van der Waals surface area contributed by atoms with E-state index in [1.807, 2.05) is 17.8 Å². The molecule has 3 unspecified atom stereocenters. The largest absolute Gasteiger partial charge is 0.342 e. The number of rotatable bonds is 4. The lowest BCUT2D eigenvalue weighted by Gasteiger charge is -2.28. The van der Waals surface area contributed by atoms with Crippen LogP contribution in [0.3, 0.4) is 0 Å². The molecule has 128 valence electrons. The maximum Gasteiger partial charge on any atom is 0.224 e. The van der Waals surface area contributed by atoms with Crippen LogP contribution in [0.4, 0.5) is 4.39 Å². The second kappa shape index (κ2) is 7.13. The first-order chi connectivity index (χ1) is 11.5. The fourth-order valence-electron chi connectivity index (χ4n) is 3.36. The number of imidazole rings is 1. The summed E-state index contributed by atoms with van der Waals surface area (Å²) >= 11 is 0. The van der Waals surface area contributed by atoms with Gasteiger partial charge in [-0.05, 0) is 37.0 Å². The van der Waals surface area contributed by atoms with Gasteiger partial charge in [-0.2, -0.15) is 0 Å². The fourth-order valence-corrected chi connectivity index (χ4v) is 3.36. The van der Waals surface area contributed by atoms with Crippen molar-refractivity contribution >= 4 is 5.91 Å². The number of nitrogens with one attached hydrogen (secondary N) is 1. The Morgan fingerprint density at radius 1 is 1.46 bits per heavy atom. The Morgan fingerprint density at radius 3 is 2.96 bits per heavy atom. The fraction of sp³-hybridized carbons (Fsp3) is 0.444. The first kappa shape index (κ1) is 16.6. The Kier molecular flexibility index (Phi) is 4.94. The molecule has 1 saturated carbocycles. The molecule has 24 heavy (non-hydrogen) atoms. The number of nitrogens with two attached hydrogens (primary N) is 1. The molecule has 0 radical (unpaired) electrons. The minimum Gasteiger partial charge on any atom is -0.342 e. The summed E-state index contributed by atoms with van der Waals surface area (Å²) in [4.78, 5) is 17.1. The Labute approximate surface area is 141 Å². The van der Waals surface area contributed by atoms with Crippen LogP contribution in [0.5, 0.6) is 0 Å². The summed E-state index contributed by atoms with van der Waals surface area (Å²) in [6, 6.07) is 5.87. The van der Waals surface area contributed by atoms with E-state index in [2.05, 4.69) is 10.3 Å². The number of hydrogen-bond acceptors (Lipinski definition) is 3. The maximum absolute atomic E-state index is 13.7. The average Bonchev–Trinajstić information content (AvgIpc) is 2.98. The third-order valence-corrected chi connectivity index (χ3v) is 4.67. The van der Waals surface area contributed by atoms with Gasteiger partial charge in [0.2, 0.25) is 5.91 Å². The monoisotopic (exact) mass is 330 g/mol. The molecule has 1 amide bonds. The summed E-state index contributed by atoms with van der Waals surface area (Å²) in [5.41, 5.74) is 6.68. The van der Waals surface area contributed by atoms with Crippen molar-refractivity contribution in [1.29, 1.82) is 0 Å². The molecule has 3 N–H and O–H groups in total. The number of benzene rings is 1. The van der Waals surface area contributed by atoms with Gasteiger partial charge >= 0.3 is 0 Å². The molecule has 5 nitrogen and oxygen atoms in total. The van der Waals surface area contributed by atoms with Gasteiger partial charge in [0, 0.05) is 31.4 Å². The van der Waals surface area contributed by atoms with Crippen LogP contribution >= 0.6 is 0 Å². The van der Waals surface area contributed by atoms with Gasteiger partial charge in [0.05, 0.1) is 0 Å². The Hall–Kier alpha value is -2.21. The number of nitrogens with zero attached hydrogens (tertiary/aromatic N) is 2. The topological polar surface area (TPSA) is 72.9 Å². The molecule has 0 bridgehead atoms. The van der Waals surface area contributed by atoms with Crippen LogP contribution in [0.25, 0.3) is 0 Å². The molecule has 1 aromatic heterocycles. The highest BCUT2D eigenvalue weighted by Gasteiger charge is 2.29. The van der Waals surface area contributed by atoms with Gasteiger partial charge < -0.3 is 15.6 Å². The van der Waals surface area contributed by atoms with E-state index in [-0.39, 0.29) is 23.7 Å². The standard InChI is InChI=1S/C18H23FN4O/c1-23-9-8-21-17(23)16(12-4-2-6-14(19)10-12)22-18(24)13-5-3-7-15(20)11-13/h2,4,6,8-10,13,15-16H,3,5,7,11,20H2,1H3,(H,22,24). The summed E-state index contributed by atoms with van der Waals surface area (Å²) in [5, 5.41) is 3.05. The van der Waals surface area contributed by atoms with E-state index in [9.17, 15) is 9.18 Å². The number of carbonyl (C=O) groups is 1. The summed E-state index contributed by atoms with van der Waals surface area (Å²) in [6.45, 7) is 0. The molecule has 3 rings (SSSR count). The van der Waals surface area contributed by atoms with Crippen LogP contribution in [0.2, 0.25) is 0 Å². The minimum atomic E-state index is -0.480. The number of hydrogen-bond donors (Lipinski definition) is 2. The second-order valence-electron chi connectivity index (χ2n) is 6.52. The quantitative estimate of drug-likeness (QED) is 0.903. The first-order valence-electron chi connectivity index (χ1n) is 8.33. The van der Waals surface area contributed by atoms with E-state index < -0.39 is 6.04 Å². The van der Waals surface area contributed by atoms with Crippen LogP contribution < -0.4 is 11.1 Å². The highest BCUT2D eigenvalue weighted by Crippen LogP contribution is 2.26. The summed E-state index contributed by atoms with van der Waals surface area (Å²) < 4.78 is 15.5. The molecule has 1 heterocycles. The van der Waals surface area contributed by atoms with Crippen molar-refractivity contribution in [1.82, 2.24) is 14.9 Å². The molecular formula is C18H23FN4O. The lowest BCUT2D eigenvalue weighted by molar-refractivity contribution is -0.126. The van der Waals surface area contributed by atoms with E-state index in [1.54, 1.807) is 18.3 Å². The van der Waals surface area contributed by atoms with Crippen molar-refractivity contribution < 1.29 is 9.18 Å². The zero-order valence-corrected chi connectivity index (χ0v) is 13.8. The highest BCUT2D eigenvalue weighted by atomic mass is 19.1. The third kappa shape index (κ3) is 3.64. The maximum atomic E-state index is 13.7. The lowest BCUT2D eigenvalue weighted by atomic mass is 9.85. The van der Waals surface area contributed by atoms with Gasteiger partial charge in [-0.25, -0.2) is 9.37 Å². The summed E-state index contributed by atoms with van der Waals surface area (Å²) in [5.74, 6) is 0.210. The molecule has 1 aliphatic rings. The van der Waals surface area contributed by atoms with Gasteiger partial charge in [0.15, 0.2) is 0 Å². The van der Waals surface area contributed by atoms with Crippen molar-refractivity contribution in [2.24, 2.45) is 18.7 Å². The molecule has 0 spiro atoms. The van der Waals surface area contributed by atoms with Crippen LogP contribution in [0, 0.1) is 11.7 Å². The van der Waals surface area contributed by atoms with E-state index in [4.69, 9.17) is 5.73 Å². The molecule has 0 saturated heterocycles. The van der Waals surface area contributed by atoms with E-state index in [1.165, 1.54) is 12.1 Å². The molecule has 0 aliphatic heterocycles. The number of amides is 1. The smallest absolute Gasteiger partial charge is 0.224 e. The first-order valence-corrected chi connectivity index (χ1v) is 8.33. The molecule has 1 fully saturated rings. The average molecular weight is 330 g/mol. The number of halogens is 1. The van der Waals surface area contributed by atoms with Gasteiger partial charge in [0.25, 0.3) is 0 Å². The van der Waals surface area contributed by atoms with E-state index in [0.717, 1.165) is 19.3 Å². The van der Waals surface area contributed by atoms with Crippen LogP contribution in [-0.4, -0.2) is 21.5 Å². The lowest BCUT2D eigenvalue weighted by Crippen LogP contribution is -2.40. The normalized spacial score (nSPS) is 22.1. The number of aryl methyl sites for hydroxylation is 1. The number of aromatic nitrogens is 2. The van der Waals surface area contributed by atoms with Gasteiger partial charge in [-0.15, -0.1) is 0 Å². The van der Waals surface area contributed by atoms with Gasteiger partial charge in [-0.1, -0.05) is 18.6 Å². The third-order valence-electron chi connectivity index (χ3n) is 4.67. The highest BCUT2D eigenvalue weighted by molar-refractivity contribution is 5.79. The van der Waals surface area contributed by atoms with Gasteiger partial charge in [0.1, 0.15) is 17.7 Å². The van der Waals surface area contributed by atoms with Crippen molar-refractivity contribution in [2.75, 3.05) is 0 Å². The second-order valence-corrected chi connectivity index (χ2v) is 6.52. The summed E-state index contributed by atoms with van der Waals surface area (Å²) in [6.07, 6.45) is 6.95. The van der Waals surface area contributed by atoms with Crippen molar-refractivity contribution in [3.63, 3.8) is 0 Å². The predicted molar refractivity (Wildman–Crippen MR) is 89.5 cm³/mol. The molecule has 6 heteroatoms. The molecular weight excluding hydrogens is 307 g/mol. The van der Waals surface area contributed by atoms with Crippen LogP contribution in [0.1, 0.15) is 43.1 Å². The molecule has 1 aromatic carbocycles. The Bertz CT molecular complexity index is 715. The predicted octanol–water partition coefficient (Wildman–Crippen LogP) is 2.28. The zero-order valence-electron chi connectivity index (χ0n) is 13.8. The van der Waals surface area contributed by atoms with E-state index >= 15 is 0 Å². The Balaban J connectivity index is 1.85. The summed E-state index contributed by atoms with van der Waals surface area (Å²) in [7, 11) is 1.86. The Morgan fingerprint density at radius 2 is 2.29 bits per heavy atom. The van der Waals surface area contributed by atoms with Crippen molar-refractivity contribution in [2.45, 2.75) is 37.8 Å².